The van der Waals surface area contributed by atoms with Crippen LogP contribution in [-0.2, 0) is 17.8 Å². The Morgan fingerprint density at radius 3 is 3.10 bits per heavy atom. The Hall–Kier alpha value is -2.09. The van der Waals surface area contributed by atoms with Gasteiger partial charge >= 0.3 is 0 Å². The first-order chi connectivity index (χ1) is 10.1. The monoisotopic (exact) mass is 352 g/mol. The van der Waals surface area contributed by atoms with Gasteiger partial charge in [0.05, 0.1) is 12.7 Å². The fourth-order valence-corrected chi connectivity index (χ4v) is 2.53. The summed E-state index contributed by atoms with van der Waals surface area (Å²) in [6.45, 7) is 1.09. The standard InChI is InChI=1S/C13H13BrN4O3/c14-11-2-1-10(21-11)13(20)15-6-12(19)18-4-3-9-8(7-18)5-16-17-9/h1-2,5H,3-4,6-7H2,(H,15,20)(H,16,17). The molecular weight excluding hydrogens is 340 g/mol. The van der Waals surface area contributed by atoms with Gasteiger partial charge in [0, 0.05) is 30.8 Å². The second kappa shape index (κ2) is 5.72. The van der Waals surface area contributed by atoms with Crippen LogP contribution in [-0.4, -0.2) is 40.0 Å². The van der Waals surface area contributed by atoms with Crippen LogP contribution in [0.4, 0.5) is 0 Å². The molecule has 110 valence electrons. The van der Waals surface area contributed by atoms with Gasteiger partial charge in [-0.2, -0.15) is 5.10 Å². The predicted octanol–water partition coefficient (Wildman–Crippen LogP) is 1.08. The average Bonchev–Trinajstić information content (AvgIpc) is 3.12. The maximum Gasteiger partial charge on any atom is 0.287 e. The molecule has 1 aliphatic heterocycles. The van der Waals surface area contributed by atoms with Crippen LogP contribution in [0.25, 0.3) is 0 Å². The van der Waals surface area contributed by atoms with Crippen molar-refractivity contribution in [2.45, 2.75) is 13.0 Å². The molecular formula is C13H13BrN4O3. The lowest BCUT2D eigenvalue weighted by Gasteiger charge is -2.26. The molecule has 21 heavy (non-hydrogen) atoms. The molecule has 0 unspecified atom stereocenters. The first kappa shape index (κ1) is 13.9. The smallest absolute Gasteiger partial charge is 0.287 e. The summed E-state index contributed by atoms with van der Waals surface area (Å²) < 4.78 is 5.60. The lowest BCUT2D eigenvalue weighted by molar-refractivity contribution is -0.131. The number of rotatable bonds is 3. The Bertz CT molecular complexity index is 679. The highest BCUT2D eigenvalue weighted by atomic mass is 79.9. The van der Waals surface area contributed by atoms with Gasteiger partial charge in [-0.05, 0) is 28.1 Å². The molecule has 2 amide bonds. The summed E-state index contributed by atoms with van der Waals surface area (Å²) in [5.74, 6) is -0.360. The second-order valence-electron chi connectivity index (χ2n) is 4.73. The van der Waals surface area contributed by atoms with Gasteiger partial charge in [-0.25, -0.2) is 0 Å². The van der Waals surface area contributed by atoms with Gasteiger partial charge in [0.2, 0.25) is 5.91 Å². The Morgan fingerprint density at radius 1 is 1.48 bits per heavy atom. The Balaban J connectivity index is 1.54. The maximum absolute atomic E-state index is 12.1. The van der Waals surface area contributed by atoms with Crippen LogP contribution < -0.4 is 5.32 Å². The molecule has 3 rings (SSSR count). The van der Waals surface area contributed by atoms with E-state index in [9.17, 15) is 9.59 Å². The van der Waals surface area contributed by atoms with Crippen LogP contribution in [0, 0.1) is 0 Å². The zero-order valence-electron chi connectivity index (χ0n) is 11.1. The predicted molar refractivity (Wildman–Crippen MR) is 76.4 cm³/mol. The van der Waals surface area contributed by atoms with Gasteiger partial charge < -0.3 is 14.6 Å². The number of nitrogens with one attached hydrogen (secondary N) is 2. The first-order valence-corrected chi connectivity index (χ1v) is 7.25. The quantitative estimate of drug-likeness (QED) is 0.864. The molecule has 7 nitrogen and oxygen atoms in total. The second-order valence-corrected chi connectivity index (χ2v) is 5.51. The van der Waals surface area contributed by atoms with Crippen molar-refractivity contribution in [3.8, 4) is 0 Å². The van der Waals surface area contributed by atoms with Gasteiger partial charge in [-0.15, -0.1) is 0 Å². The van der Waals surface area contributed by atoms with Crippen molar-refractivity contribution in [1.82, 2.24) is 20.4 Å². The van der Waals surface area contributed by atoms with E-state index >= 15 is 0 Å². The van der Waals surface area contributed by atoms with Crippen LogP contribution in [0.3, 0.4) is 0 Å². The van der Waals surface area contributed by atoms with E-state index in [0.717, 1.165) is 17.7 Å². The molecule has 0 aromatic carbocycles. The Kier molecular flexibility index (Phi) is 3.78. The number of amides is 2. The number of hydrogen-bond donors (Lipinski definition) is 2. The fourth-order valence-electron chi connectivity index (χ4n) is 2.23. The lowest BCUT2D eigenvalue weighted by Crippen LogP contribution is -2.42. The zero-order chi connectivity index (χ0) is 14.8. The van der Waals surface area contributed by atoms with E-state index in [0.29, 0.717) is 17.8 Å². The third kappa shape index (κ3) is 2.99. The number of aromatic amines is 1. The van der Waals surface area contributed by atoms with Crippen LogP contribution in [0.2, 0.25) is 0 Å². The van der Waals surface area contributed by atoms with Crippen molar-refractivity contribution in [3.63, 3.8) is 0 Å². The zero-order valence-corrected chi connectivity index (χ0v) is 12.6. The van der Waals surface area contributed by atoms with E-state index < -0.39 is 5.91 Å². The number of fused-ring (bicyclic) bond motifs is 1. The highest BCUT2D eigenvalue weighted by Crippen LogP contribution is 2.16. The third-order valence-corrected chi connectivity index (χ3v) is 3.78. The maximum atomic E-state index is 12.1. The molecule has 0 fully saturated rings. The summed E-state index contributed by atoms with van der Waals surface area (Å²) in [4.78, 5) is 25.6. The van der Waals surface area contributed by atoms with Gasteiger partial charge in [-0.3, -0.25) is 14.7 Å². The Labute approximate surface area is 128 Å². The number of halogens is 1. The van der Waals surface area contributed by atoms with E-state index in [1.807, 2.05) is 0 Å². The summed E-state index contributed by atoms with van der Waals surface area (Å²) in [5.41, 5.74) is 2.10. The summed E-state index contributed by atoms with van der Waals surface area (Å²) in [6, 6.07) is 3.17. The van der Waals surface area contributed by atoms with Crippen molar-refractivity contribution >= 4 is 27.7 Å². The minimum Gasteiger partial charge on any atom is -0.444 e. The minimum absolute atomic E-state index is 0.0513. The number of carbonyl (C=O) groups is 2. The molecule has 0 spiro atoms. The number of aromatic nitrogens is 2. The van der Waals surface area contributed by atoms with Crippen molar-refractivity contribution in [1.29, 1.82) is 0 Å². The molecule has 0 bridgehead atoms. The average molecular weight is 353 g/mol. The number of nitrogens with zero attached hydrogens (tertiary/aromatic N) is 2. The largest absolute Gasteiger partial charge is 0.444 e. The first-order valence-electron chi connectivity index (χ1n) is 6.46. The van der Waals surface area contributed by atoms with Crippen molar-refractivity contribution in [3.05, 3.63) is 40.0 Å². The number of furan rings is 1. The van der Waals surface area contributed by atoms with E-state index in [4.69, 9.17) is 4.42 Å². The molecule has 0 radical (unpaired) electrons. The number of carbonyl (C=O) groups excluding carboxylic acids is 2. The lowest BCUT2D eigenvalue weighted by atomic mass is 10.1. The molecule has 8 heteroatoms. The van der Waals surface area contributed by atoms with Crippen molar-refractivity contribution in [2.24, 2.45) is 0 Å². The van der Waals surface area contributed by atoms with Gasteiger partial charge in [0.15, 0.2) is 10.4 Å². The van der Waals surface area contributed by atoms with Gasteiger partial charge in [0.25, 0.3) is 5.91 Å². The third-order valence-electron chi connectivity index (χ3n) is 3.35. The van der Waals surface area contributed by atoms with Crippen LogP contribution in [0.5, 0.6) is 0 Å². The topological polar surface area (TPSA) is 91.2 Å². The molecule has 1 aliphatic rings. The summed E-state index contributed by atoms with van der Waals surface area (Å²) in [6.07, 6.45) is 2.48. The number of hydrogen-bond acceptors (Lipinski definition) is 4. The Morgan fingerprint density at radius 2 is 2.33 bits per heavy atom. The molecule has 0 aliphatic carbocycles. The molecule has 2 aromatic rings. The van der Waals surface area contributed by atoms with Gasteiger partial charge in [0.1, 0.15) is 0 Å². The van der Waals surface area contributed by atoms with E-state index in [1.165, 1.54) is 0 Å². The molecule has 0 saturated heterocycles. The van der Waals surface area contributed by atoms with Crippen molar-refractivity contribution < 1.29 is 14.0 Å². The molecule has 2 aromatic heterocycles. The molecule has 0 atom stereocenters. The van der Waals surface area contributed by atoms with E-state index in [2.05, 4.69) is 31.4 Å². The summed E-state index contributed by atoms with van der Waals surface area (Å²) >= 11 is 3.12. The summed E-state index contributed by atoms with van der Waals surface area (Å²) in [7, 11) is 0. The summed E-state index contributed by atoms with van der Waals surface area (Å²) in [5, 5.41) is 9.44. The van der Waals surface area contributed by atoms with Gasteiger partial charge in [-0.1, -0.05) is 0 Å². The van der Waals surface area contributed by atoms with Crippen LogP contribution >= 0.6 is 15.9 Å². The van der Waals surface area contributed by atoms with E-state index in [-0.39, 0.29) is 18.2 Å². The van der Waals surface area contributed by atoms with E-state index in [1.54, 1.807) is 23.2 Å². The minimum atomic E-state index is -0.407. The molecule has 2 N–H and O–H groups in total. The fraction of sp³-hybridized carbons (Fsp3) is 0.308. The highest BCUT2D eigenvalue weighted by Gasteiger charge is 2.22. The van der Waals surface area contributed by atoms with Crippen LogP contribution in [0.1, 0.15) is 21.8 Å². The molecule has 0 saturated carbocycles. The number of H-pyrrole nitrogens is 1. The SMILES string of the molecule is O=C(NCC(=O)N1CCc2[nH]ncc2C1)c1ccc(Br)o1. The van der Waals surface area contributed by atoms with Crippen molar-refractivity contribution in [2.75, 3.05) is 13.1 Å². The molecule has 3 heterocycles. The highest BCUT2D eigenvalue weighted by molar-refractivity contribution is 9.10. The van der Waals surface area contributed by atoms with Crippen LogP contribution in [0.15, 0.2) is 27.4 Å². The normalized spacial score (nSPS) is 13.9.